The predicted octanol–water partition coefficient (Wildman–Crippen LogP) is 9.64. The highest BCUT2D eigenvalue weighted by molar-refractivity contribution is 7.78. The Morgan fingerprint density at radius 3 is 1.29 bits per heavy atom. The Morgan fingerprint density at radius 2 is 0.808 bits per heavy atom. The summed E-state index contributed by atoms with van der Waals surface area (Å²) >= 11 is 0. The number of nitrogens with zero attached hydrogens (tertiary/aromatic N) is 3. The summed E-state index contributed by atoms with van der Waals surface area (Å²) in [7, 11) is -8.31. The van der Waals surface area contributed by atoms with Gasteiger partial charge in [0.05, 0.1) is 0 Å². The third kappa shape index (κ3) is 8.44. The molecule has 0 fully saturated rings. The summed E-state index contributed by atoms with van der Waals surface area (Å²) in [4.78, 5) is 13.4. The SMILES string of the molecule is Nc1ccc(ON2P(Oc3ccc(N)cc3)N=P(Oc3ccc(N)cc3)(Oc3ccc(N)cc3)N(Oc3ccccc3)P2Oc2ccccc2)cc1. The Hall–Kier alpha value is -5.67. The third-order valence-electron chi connectivity index (χ3n) is 7.05. The van der Waals surface area contributed by atoms with Crippen molar-refractivity contribution in [1.82, 2.24) is 9.21 Å². The van der Waals surface area contributed by atoms with Crippen LogP contribution in [0.4, 0.5) is 22.7 Å². The van der Waals surface area contributed by atoms with Gasteiger partial charge in [-0.15, -0.1) is 4.52 Å². The maximum atomic E-state index is 6.88. The molecule has 264 valence electrons. The fraction of sp³-hybridized carbons (Fsp3) is 0. The van der Waals surface area contributed by atoms with Crippen LogP contribution in [0.1, 0.15) is 0 Å². The summed E-state index contributed by atoms with van der Waals surface area (Å²) in [6, 6.07) is 46.0. The molecule has 0 saturated carbocycles. The Bertz CT molecular complexity index is 2070. The van der Waals surface area contributed by atoms with Crippen molar-refractivity contribution in [3.63, 3.8) is 0 Å². The number of benzene rings is 6. The van der Waals surface area contributed by atoms with Crippen LogP contribution in [0.2, 0.25) is 0 Å². The average Bonchev–Trinajstić information content (AvgIpc) is 3.16. The fourth-order valence-corrected chi connectivity index (χ4v) is 12.0. The maximum Gasteiger partial charge on any atom is 0.447 e. The number of nitrogen functional groups attached to an aromatic ring is 4. The highest BCUT2D eigenvalue weighted by Crippen LogP contribution is 2.77. The third-order valence-corrected chi connectivity index (χ3v) is 13.9. The van der Waals surface area contributed by atoms with Gasteiger partial charge in [-0.05, 0) is 121 Å². The molecule has 0 spiro atoms. The van der Waals surface area contributed by atoms with Gasteiger partial charge in [-0.3, -0.25) is 0 Å². The molecule has 1 aliphatic rings. The summed E-state index contributed by atoms with van der Waals surface area (Å²) < 4.78 is 35.5. The normalized spacial score (nSPS) is 16.9. The number of hydrogen-bond donors (Lipinski definition) is 4. The maximum absolute atomic E-state index is 6.88. The Kier molecular flexibility index (Phi) is 10.5. The van der Waals surface area contributed by atoms with Crippen molar-refractivity contribution in [3.8, 4) is 34.5 Å². The molecular weight excluding hydrogens is 719 g/mol. The molecule has 0 aliphatic carbocycles. The predicted molar refractivity (Wildman–Crippen MR) is 207 cm³/mol. The second kappa shape index (κ2) is 15.7. The van der Waals surface area contributed by atoms with Gasteiger partial charge in [-0.25, -0.2) is 0 Å². The quantitative estimate of drug-likeness (QED) is 0.0688. The molecule has 2 atom stereocenters. The van der Waals surface area contributed by atoms with Crippen LogP contribution in [-0.4, -0.2) is 9.21 Å². The highest BCUT2D eigenvalue weighted by Gasteiger charge is 2.58. The van der Waals surface area contributed by atoms with Crippen LogP contribution in [0.5, 0.6) is 34.5 Å². The Balaban J connectivity index is 1.47. The lowest BCUT2D eigenvalue weighted by Crippen LogP contribution is -2.37. The topological polar surface area (TPSA) is 178 Å². The van der Waals surface area contributed by atoms with Crippen LogP contribution >= 0.6 is 24.6 Å². The van der Waals surface area contributed by atoms with Crippen LogP contribution in [0.25, 0.3) is 0 Å². The van der Waals surface area contributed by atoms with Crippen molar-refractivity contribution in [2.45, 2.75) is 0 Å². The molecule has 1 heterocycles. The van der Waals surface area contributed by atoms with Crippen molar-refractivity contribution >= 4 is 47.3 Å². The van der Waals surface area contributed by atoms with Crippen LogP contribution in [0, 0.1) is 0 Å². The molecule has 0 bridgehead atoms. The van der Waals surface area contributed by atoms with E-state index in [1.165, 1.54) is 9.21 Å². The molecule has 1 aliphatic heterocycles. The lowest BCUT2D eigenvalue weighted by Gasteiger charge is -2.43. The van der Waals surface area contributed by atoms with E-state index in [4.69, 9.17) is 55.2 Å². The summed E-state index contributed by atoms with van der Waals surface area (Å²) in [6.07, 6.45) is 0. The molecule has 7 rings (SSSR count). The molecule has 6 aromatic carbocycles. The molecule has 0 radical (unpaired) electrons. The highest BCUT2D eigenvalue weighted by atomic mass is 31.3. The minimum Gasteiger partial charge on any atom is -0.440 e. The second-order valence-corrected chi connectivity index (χ2v) is 16.6. The minimum atomic E-state index is -3.89. The Morgan fingerprint density at radius 1 is 0.423 bits per heavy atom. The van der Waals surface area contributed by atoms with E-state index in [0.29, 0.717) is 57.2 Å². The van der Waals surface area contributed by atoms with Crippen LogP contribution in [-0.2, 0) is 0 Å². The van der Waals surface area contributed by atoms with Crippen molar-refractivity contribution in [1.29, 1.82) is 0 Å². The first-order valence-electron chi connectivity index (χ1n) is 15.8. The van der Waals surface area contributed by atoms with Crippen molar-refractivity contribution in [2.75, 3.05) is 22.9 Å². The van der Waals surface area contributed by atoms with Crippen molar-refractivity contribution in [3.05, 3.63) is 158 Å². The van der Waals surface area contributed by atoms with E-state index in [2.05, 4.69) is 0 Å². The van der Waals surface area contributed by atoms with E-state index in [9.17, 15) is 0 Å². The number of rotatable bonds is 12. The molecule has 0 saturated heterocycles. The van der Waals surface area contributed by atoms with E-state index in [1.54, 1.807) is 109 Å². The Labute approximate surface area is 303 Å². The van der Waals surface area contributed by atoms with Crippen LogP contribution in [0.15, 0.2) is 162 Å². The summed E-state index contributed by atoms with van der Waals surface area (Å²) in [5.74, 6) is 2.64. The van der Waals surface area contributed by atoms with Crippen molar-refractivity contribution < 1.29 is 27.8 Å². The van der Waals surface area contributed by atoms with Gasteiger partial charge in [-0.1, -0.05) is 36.4 Å². The number of anilines is 4. The standard InChI is InChI=1S/C36H34N7O6P3/c37-27-11-19-32(20-12-27)44-42-50(46-34-21-13-28(38)14-22-34)41-52(48-35-23-15-29(39)16-24-35,49-36-25-17-30(40)18-26-36)43(45-31-7-3-1-4-8-31)51(42)47-33-9-5-2-6-10-33/h1-26H,37-40H2. The summed E-state index contributed by atoms with van der Waals surface area (Å²) in [5.41, 5.74) is 26.4. The molecule has 8 N–H and O–H groups in total. The molecular formula is C36H34N7O6P3. The second-order valence-electron chi connectivity index (χ2n) is 11.0. The first kappa shape index (κ1) is 34.8. The zero-order valence-electron chi connectivity index (χ0n) is 27.5. The molecule has 6 aromatic rings. The van der Waals surface area contributed by atoms with Gasteiger partial charge < -0.3 is 50.7 Å². The van der Waals surface area contributed by atoms with Gasteiger partial charge >= 0.3 is 24.6 Å². The first-order chi connectivity index (χ1) is 25.3. The largest absolute Gasteiger partial charge is 0.447 e. The van der Waals surface area contributed by atoms with E-state index in [1.807, 2.05) is 48.5 Å². The molecule has 13 nitrogen and oxygen atoms in total. The monoisotopic (exact) mass is 753 g/mol. The van der Waals surface area contributed by atoms with E-state index in [-0.39, 0.29) is 0 Å². The van der Waals surface area contributed by atoms with Gasteiger partial charge in [-0.2, -0.15) is 0 Å². The lowest BCUT2D eigenvalue weighted by atomic mass is 10.3. The van der Waals surface area contributed by atoms with Gasteiger partial charge in [0.15, 0.2) is 0 Å². The van der Waals surface area contributed by atoms with E-state index in [0.717, 1.165) is 0 Å². The average molecular weight is 754 g/mol. The number of nitrogens with two attached hydrogens (primary N) is 4. The van der Waals surface area contributed by atoms with Gasteiger partial charge in [0.2, 0.25) is 0 Å². The molecule has 52 heavy (non-hydrogen) atoms. The van der Waals surface area contributed by atoms with Crippen molar-refractivity contribution in [2.24, 2.45) is 4.52 Å². The first-order valence-corrected chi connectivity index (χ1v) is 19.6. The van der Waals surface area contributed by atoms with E-state index < -0.39 is 24.6 Å². The molecule has 0 aromatic heterocycles. The zero-order chi connectivity index (χ0) is 35.9. The summed E-state index contributed by atoms with van der Waals surface area (Å²) in [6.45, 7) is 0. The van der Waals surface area contributed by atoms with Crippen LogP contribution < -0.4 is 50.7 Å². The lowest BCUT2D eigenvalue weighted by molar-refractivity contribution is 0.0546. The molecule has 2 unspecified atom stereocenters. The minimum absolute atomic E-state index is 0.397. The smallest absolute Gasteiger partial charge is 0.440 e. The number of para-hydroxylation sites is 2. The van der Waals surface area contributed by atoms with E-state index >= 15 is 0 Å². The van der Waals surface area contributed by atoms with Gasteiger partial charge in [0.1, 0.15) is 34.5 Å². The fourth-order valence-electron chi connectivity index (χ4n) is 4.53. The van der Waals surface area contributed by atoms with Crippen LogP contribution in [0.3, 0.4) is 0 Å². The molecule has 16 heteroatoms. The van der Waals surface area contributed by atoms with Gasteiger partial charge in [0.25, 0.3) is 0 Å². The summed E-state index contributed by atoms with van der Waals surface area (Å²) in [5, 5.41) is 0. The zero-order valence-corrected chi connectivity index (χ0v) is 30.1. The molecule has 0 amide bonds. The van der Waals surface area contributed by atoms with Gasteiger partial charge in [0, 0.05) is 32.0 Å². The number of hydrogen-bond acceptors (Lipinski definition) is 13.